The number of ether oxygens (including phenoxy) is 1. The Kier molecular flexibility index (Phi) is 6.95. The van der Waals surface area contributed by atoms with Gasteiger partial charge in [-0.15, -0.1) is 0 Å². The molecule has 0 bridgehead atoms. The molecule has 0 radical (unpaired) electrons. The molecule has 4 heteroatoms. The third-order valence-corrected chi connectivity index (χ3v) is 8.82. The van der Waals surface area contributed by atoms with Crippen LogP contribution in [0.4, 0.5) is 5.69 Å². The van der Waals surface area contributed by atoms with Crippen LogP contribution in [0.15, 0.2) is 54.6 Å². The lowest BCUT2D eigenvalue weighted by Gasteiger charge is -2.46. The molecule has 3 fully saturated rings. The van der Waals surface area contributed by atoms with Gasteiger partial charge in [0.15, 0.2) is 0 Å². The molecule has 0 N–H and O–H groups in total. The molecular weight excluding hydrogens is 418 g/mol. The molecule has 0 spiro atoms. The quantitative estimate of drug-likeness (QED) is 0.492. The van der Waals surface area contributed by atoms with Gasteiger partial charge in [0.05, 0.1) is 12.0 Å². The topological polar surface area (TPSA) is 20.1 Å². The van der Waals surface area contributed by atoms with Crippen molar-refractivity contribution >= 4 is 5.69 Å². The van der Waals surface area contributed by atoms with Crippen molar-refractivity contribution in [3.8, 4) is 0 Å². The molecule has 0 aromatic heterocycles. The second-order valence-electron chi connectivity index (χ2n) is 10.8. The first-order chi connectivity index (χ1) is 16.6. The standard InChI is InChI=1S/C30H39N3O/c1-23-12-14-27(15-13-23)33-21-24(22-33)20-32-18-16-26(17-19-32)30(31-2,25-8-5-4-6-9-25)28-10-7-11-29(28)34-3/h4-6,8-9,12-15,24,26,28-29H,7,10-11,16-22H2,1,3H3/t28-,29-,30-/m0/s1. The van der Waals surface area contributed by atoms with Crippen LogP contribution in [-0.2, 0) is 10.3 Å². The Bertz CT molecular complexity index is 970. The third-order valence-electron chi connectivity index (χ3n) is 8.82. The minimum Gasteiger partial charge on any atom is -0.381 e. The Morgan fingerprint density at radius 1 is 0.971 bits per heavy atom. The van der Waals surface area contributed by atoms with Crippen molar-refractivity contribution in [2.45, 2.75) is 50.7 Å². The lowest BCUT2D eigenvalue weighted by Crippen LogP contribution is -2.54. The summed E-state index contributed by atoms with van der Waals surface area (Å²) in [6, 6.07) is 19.6. The van der Waals surface area contributed by atoms with E-state index in [-0.39, 0.29) is 6.10 Å². The summed E-state index contributed by atoms with van der Waals surface area (Å²) in [4.78, 5) is 9.67. The maximum Gasteiger partial charge on any atom is 0.265 e. The van der Waals surface area contributed by atoms with Gasteiger partial charge in [0, 0.05) is 49.8 Å². The molecular formula is C30H39N3O. The highest BCUT2D eigenvalue weighted by Gasteiger charge is 2.57. The summed E-state index contributed by atoms with van der Waals surface area (Å²) >= 11 is 0. The number of likely N-dealkylation sites (tertiary alicyclic amines) is 1. The maximum absolute atomic E-state index is 8.48. The van der Waals surface area contributed by atoms with E-state index in [1.54, 1.807) is 0 Å². The number of hydrogen-bond donors (Lipinski definition) is 0. The van der Waals surface area contributed by atoms with E-state index in [0.717, 1.165) is 57.8 Å². The number of aryl methyl sites for hydroxylation is 1. The van der Waals surface area contributed by atoms with E-state index in [9.17, 15) is 0 Å². The third kappa shape index (κ3) is 4.37. The minimum atomic E-state index is -0.455. The average molecular weight is 458 g/mol. The number of nitrogens with zero attached hydrogens (tertiary/aromatic N) is 3. The van der Waals surface area contributed by atoms with Crippen LogP contribution in [0, 0.1) is 31.2 Å². The van der Waals surface area contributed by atoms with Crippen molar-refractivity contribution in [3.63, 3.8) is 0 Å². The first-order valence-electron chi connectivity index (χ1n) is 13.1. The van der Waals surface area contributed by atoms with Gasteiger partial charge in [-0.05, 0) is 57.8 Å². The molecule has 2 aromatic carbocycles. The van der Waals surface area contributed by atoms with Crippen LogP contribution in [0.1, 0.15) is 43.2 Å². The highest BCUT2D eigenvalue weighted by atomic mass is 16.5. The summed E-state index contributed by atoms with van der Waals surface area (Å²) in [6.07, 6.45) is 5.79. The molecule has 4 nitrogen and oxygen atoms in total. The van der Waals surface area contributed by atoms with E-state index in [4.69, 9.17) is 11.3 Å². The molecule has 0 unspecified atom stereocenters. The smallest absolute Gasteiger partial charge is 0.265 e. The molecule has 2 saturated heterocycles. The highest BCUT2D eigenvalue weighted by molar-refractivity contribution is 5.49. The molecule has 180 valence electrons. The van der Waals surface area contributed by atoms with Crippen LogP contribution in [0.3, 0.4) is 0 Å². The lowest BCUT2D eigenvalue weighted by molar-refractivity contribution is 0.0157. The minimum absolute atomic E-state index is 0.204. The molecule has 2 heterocycles. The zero-order chi connectivity index (χ0) is 23.5. The Morgan fingerprint density at radius 3 is 2.32 bits per heavy atom. The molecule has 2 aromatic rings. The predicted molar refractivity (Wildman–Crippen MR) is 139 cm³/mol. The van der Waals surface area contributed by atoms with Crippen LogP contribution >= 0.6 is 0 Å². The van der Waals surface area contributed by atoms with E-state index in [2.05, 4.69) is 76.2 Å². The zero-order valence-electron chi connectivity index (χ0n) is 20.8. The van der Waals surface area contributed by atoms with Gasteiger partial charge in [0.1, 0.15) is 0 Å². The number of piperidine rings is 1. The highest BCUT2D eigenvalue weighted by Crippen LogP contribution is 2.52. The van der Waals surface area contributed by atoms with E-state index in [1.165, 1.54) is 29.8 Å². The van der Waals surface area contributed by atoms with Crippen LogP contribution < -0.4 is 4.90 Å². The van der Waals surface area contributed by atoms with Gasteiger partial charge in [-0.25, -0.2) is 6.57 Å². The SMILES string of the molecule is [C-]#[N+][C@@](c1ccccc1)(C1CCN(CC2CN(c3ccc(C)cc3)C2)CC1)[C@H]1CCC[C@@H]1OC. The fraction of sp³-hybridized carbons (Fsp3) is 0.567. The van der Waals surface area contributed by atoms with Crippen LogP contribution in [0.5, 0.6) is 0 Å². The van der Waals surface area contributed by atoms with E-state index >= 15 is 0 Å². The van der Waals surface area contributed by atoms with Crippen molar-refractivity contribution in [2.24, 2.45) is 17.8 Å². The molecule has 1 aliphatic carbocycles. The van der Waals surface area contributed by atoms with Crippen LogP contribution in [0.25, 0.3) is 4.85 Å². The van der Waals surface area contributed by atoms with E-state index in [0.29, 0.717) is 11.8 Å². The molecule has 3 aliphatic rings. The van der Waals surface area contributed by atoms with Crippen molar-refractivity contribution in [3.05, 3.63) is 77.1 Å². The van der Waals surface area contributed by atoms with Crippen molar-refractivity contribution < 1.29 is 4.74 Å². The Morgan fingerprint density at radius 2 is 1.68 bits per heavy atom. The number of rotatable bonds is 7. The first-order valence-corrected chi connectivity index (χ1v) is 13.1. The zero-order valence-corrected chi connectivity index (χ0v) is 20.8. The lowest BCUT2D eigenvalue weighted by atomic mass is 9.65. The molecule has 3 atom stereocenters. The van der Waals surface area contributed by atoms with Gasteiger partial charge >= 0.3 is 0 Å². The monoisotopic (exact) mass is 457 g/mol. The predicted octanol–water partition coefficient (Wildman–Crippen LogP) is 5.77. The van der Waals surface area contributed by atoms with Gasteiger partial charge in [0.2, 0.25) is 0 Å². The first kappa shape index (κ1) is 23.4. The summed E-state index contributed by atoms with van der Waals surface area (Å²) in [5.74, 6) is 1.45. The summed E-state index contributed by atoms with van der Waals surface area (Å²) in [7, 11) is 1.84. The average Bonchev–Trinajstić information content (AvgIpc) is 3.34. The summed E-state index contributed by atoms with van der Waals surface area (Å²) in [5.41, 5.74) is 3.44. The summed E-state index contributed by atoms with van der Waals surface area (Å²) < 4.78 is 5.93. The Labute approximate surface area is 205 Å². The fourth-order valence-electron chi connectivity index (χ4n) is 6.98. The summed E-state index contributed by atoms with van der Waals surface area (Å²) in [5, 5.41) is 0. The number of anilines is 1. The number of benzene rings is 2. The van der Waals surface area contributed by atoms with E-state index in [1.807, 2.05) is 7.11 Å². The fourth-order valence-corrected chi connectivity index (χ4v) is 6.98. The van der Waals surface area contributed by atoms with E-state index < -0.39 is 5.54 Å². The summed E-state index contributed by atoms with van der Waals surface area (Å²) in [6.45, 7) is 16.4. The van der Waals surface area contributed by atoms with Crippen LogP contribution in [0.2, 0.25) is 0 Å². The maximum atomic E-state index is 8.48. The van der Waals surface area contributed by atoms with Gasteiger partial charge in [-0.1, -0.05) is 54.4 Å². The molecule has 34 heavy (non-hydrogen) atoms. The largest absolute Gasteiger partial charge is 0.381 e. The van der Waals surface area contributed by atoms with Gasteiger partial charge < -0.3 is 19.4 Å². The normalized spacial score (nSPS) is 26.1. The van der Waals surface area contributed by atoms with Crippen molar-refractivity contribution in [1.82, 2.24) is 4.90 Å². The van der Waals surface area contributed by atoms with Gasteiger partial charge in [-0.2, -0.15) is 0 Å². The van der Waals surface area contributed by atoms with Crippen LogP contribution in [-0.4, -0.2) is 50.8 Å². The number of hydrogen-bond acceptors (Lipinski definition) is 3. The second-order valence-corrected chi connectivity index (χ2v) is 10.8. The molecule has 2 aliphatic heterocycles. The van der Waals surface area contributed by atoms with Gasteiger partial charge in [0.25, 0.3) is 5.54 Å². The Balaban J connectivity index is 1.23. The molecule has 0 amide bonds. The van der Waals surface area contributed by atoms with Crippen molar-refractivity contribution in [2.75, 3.05) is 44.7 Å². The van der Waals surface area contributed by atoms with Crippen molar-refractivity contribution in [1.29, 1.82) is 0 Å². The Hall–Kier alpha value is -2.35. The van der Waals surface area contributed by atoms with Gasteiger partial charge in [-0.3, -0.25) is 0 Å². The molecule has 1 saturated carbocycles. The second kappa shape index (κ2) is 10.1. The molecule has 5 rings (SSSR count). The number of methoxy groups -OCH3 is 1.